The van der Waals surface area contributed by atoms with E-state index < -0.39 is 0 Å². The zero-order valence-corrected chi connectivity index (χ0v) is 15.0. The van der Waals surface area contributed by atoms with E-state index in [2.05, 4.69) is 12.1 Å². The first-order chi connectivity index (χ1) is 10.8. The van der Waals surface area contributed by atoms with E-state index in [9.17, 15) is 4.79 Å². The molecule has 0 radical (unpaired) electrons. The Hall–Kier alpha value is -1.93. The van der Waals surface area contributed by atoms with Crippen molar-refractivity contribution in [3.63, 3.8) is 0 Å². The molecule has 106 valence electrons. The standard InChI is InChI=1S/C21H14O.Na.H/c22-21(19-11-9-15-5-1-3-7-17(15)13-19)20-12-10-16-6-2-4-8-18(16)14-20;;/h1-14H;;/q;+1;-1. The van der Waals surface area contributed by atoms with Gasteiger partial charge < -0.3 is 1.43 Å². The predicted molar refractivity (Wildman–Crippen MR) is 92.4 cm³/mol. The molecule has 0 aliphatic carbocycles. The summed E-state index contributed by atoms with van der Waals surface area (Å²) in [5, 5.41) is 4.48. The van der Waals surface area contributed by atoms with Crippen LogP contribution in [0.25, 0.3) is 21.5 Å². The van der Waals surface area contributed by atoms with Crippen molar-refractivity contribution in [3.05, 3.63) is 96.1 Å². The van der Waals surface area contributed by atoms with Crippen LogP contribution in [-0.4, -0.2) is 5.78 Å². The molecule has 4 aromatic carbocycles. The fraction of sp³-hybridized carbons (Fsp3) is 0. The van der Waals surface area contributed by atoms with Crippen LogP contribution in [0.4, 0.5) is 0 Å². The first-order valence-electron chi connectivity index (χ1n) is 7.33. The summed E-state index contributed by atoms with van der Waals surface area (Å²) in [5.74, 6) is 0.0662. The average Bonchev–Trinajstić information content (AvgIpc) is 2.60. The normalized spacial score (nSPS) is 10.4. The van der Waals surface area contributed by atoms with Crippen molar-refractivity contribution in [1.82, 2.24) is 0 Å². The minimum absolute atomic E-state index is 0. The Morgan fingerprint density at radius 3 is 1.39 bits per heavy atom. The molecule has 0 unspecified atom stereocenters. The van der Waals surface area contributed by atoms with Gasteiger partial charge in [-0.05, 0) is 33.7 Å². The quantitative estimate of drug-likeness (QED) is 0.410. The number of ketones is 1. The Morgan fingerprint density at radius 1 is 0.565 bits per heavy atom. The van der Waals surface area contributed by atoms with Gasteiger partial charge in [0.05, 0.1) is 0 Å². The van der Waals surface area contributed by atoms with Gasteiger partial charge in [-0.2, -0.15) is 0 Å². The fourth-order valence-electron chi connectivity index (χ4n) is 2.83. The summed E-state index contributed by atoms with van der Waals surface area (Å²) in [4.78, 5) is 12.7. The van der Waals surface area contributed by atoms with Crippen molar-refractivity contribution in [2.75, 3.05) is 0 Å². The summed E-state index contributed by atoms with van der Waals surface area (Å²) in [6.07, 6.45) is 0. The van der Waals surface area contributed by atoms with E-state index in [1.807, 2.05) is 72.8 Å². The van der Waals surface area contributed by atoms with Crippen LogP contribution in [-0.2, 0) is 0 Å². The first kappa shape index (κ1) is 15.9. The van der Waals surface area contributed by atoms with E-state index in [4.69, 9.17) is 0 Å². The number of rotatable bonds is 2. The van der Waals surface area contributed by atoms with Crippen LogP contribution in [0.15, 0.2) is 84.9 Å². The van der Waals surface area contributed by atoms with Gasteiger partial charge in [0, 0.05) is 11.1 Å². The van der Waals surface area contributed by atoms with Gasteiger partial charge in [0.25, 0.3) is 0 Å². The molecule has 2 heteroatoms. The molecular formula is C21H15NaO. The van der Waals surface area contributed by atoms with Gasteiger partial charge >= 0.3 is 29.6 Å². The maximum Gasteiger partial charge on any atom is 1.00 e. The summed E-state index contributed by atoms with van der Waals surface area (Å²) < 4.78 is 0. The second kappa shape index (κ2) is 6.67. The Balaban J connectivity index is 0.00000104. The van der Waals surface area contributed by atoms with Crippen LogP contribution in [0.2, 0.25) is 0 Å². The third kappa shape index (κ3) is 3.09. The molecule has 0 N–H and O–H groups in total. The molecule has 0 spiro atoms. The summed E-state index contributed by atoms with van der Waals surface area (Å²) >= 11 is 0. The van der Waals surface area contributed by atoms with Gasteiger partial charge in [-0.3, -0.25) is 4.79 Å². The van der Waals surface area contributed by atoms with E-state index in [1.165, 1.54) is 0 Å². The molecule has 0 heterocycles. The Bertz CT molecular complexity index is 929. The number of carbonyl (C=O) groups excluding carboxylic acids is 1. The first-order valence-corrected chi connectivity index (χ1v) is 7.33. The second-order valence-electron chi connectivity index (χ2n) is 5.45. The fourth-order valence-corrected chi connectivity index (χ4v) is 2.83. The minimum Gasteiger partial charge on any atom is -1.00 e. The molecule has 0 fully saturated rings. The van der Waals surface area contributed by atoms with Crippen molar-refractivity contribution in [3.8, 4) is 0 Å². The number of carbonyl (C=O) groups is 1. The molecule has 0 amide bonds. The van der Waals surface area contributed by atoms with E-state index in [0.717, 1.165) is 32.7 Å². The zero-order chi connectivity index (χ0) is 14.9. The van der Waals surface area contributed by atoms with Gasteiger partial charge in [0.2, 0.25) is 0 Å². The monoisotopic (exact) mass is 306 g/mol. The smallest absolute Gasteiger partial charge is 1.00 e. The summed E-state index contributed by atoms with van der Waals surface area (Å²) in [6, 6.07) is 27.9. The number of hydrogen-bond acceptors (Lipinski definition) is 1. The molecule has 4 rings (SSSR count). The zero-order valence-electron chi connectivity index (χ0n) is 14.0. The number of fused-ring (bicyclic) bond motifs is 2. The van der Waals surface area contributed by atoms with Crippen molar-refractivity contribution in [2.45, 2.75) is 0 Å². The van der Waals surface area contributed by atoms with Crippen molar-refractivity contribution >= 4 is 27.3 Å². The van der Waals surface area contributed by atoms with E-state index in [0.29, 0.717) is 0 Å². The number of benzene rings is 4. The molecule has 0 saturated heterocycles. The van der Waals surface area contributed by atoms with Gasteiger partial charge in [0.1, 0.15) is 0 Å². The van der Waals surface area contributed by atoms with Crippen molar-refractivity contribution < 1.29 is 35.8 Å². The molecule has 0 aliphatic heterocycles. The molecular weight excluding hydrogens is 291 g/mol. The van der Waals surface area contributed by atoms with E-state index in [1.54, 1.807) is 0 Å². The maximum atomic E-state index is 12.7. The van der Waals surface area contributed by atoms with Gasteiger partial charge in [0.15, 0.2) is 5.78 Å². The molecule has 0 bridgehead atoms. The molecule has 4 aromatic rings. The van der Waals surface area contributed by atoms with Gasteiger partial charge in [-0.1, -0.05) is 72.8 Å². The average molecular weight is 306 g/mol. The Morgan fingerprint density at radius 2 is 0.957 bits per heavy atom. The molecule has 23 heavy (non-hydrogen) atoms. The predicted octanol–water partition coefficient (Wildman–Crippen LogP) is 2.34. The maximum absolute atomic E-state index is 12.7. The molecule has 0 aromatic heterocycles. The summed E-state index contributed by atoms with van der Waals surface area (Å²) in [6.45, 7) is 0. The van der Waals surface area contributed by atoms with Gasteiger partial charge in [-0.25, -0.2) is 0 Å². The third-order valence-corrected chi connectivity index (χ3v) is 4.02. The SMILES string of the molecule is O=C(c1ccc2ccccc2c1)c1ccc2ccccc2c1.[H-].[Na+]. The van der Waals surface area contributed by atoms with Crippen molar-refractivity contribution in [2.24, 2.45) is 0 Å². The topological polar surface area (TPSA) is 17.1 Å². The summed E-state index contributed by atoms with van der Waals surface area (Å²) in [7, 11) is 0. The second-order valence-corrected chi connectivity index (χ2v) is 5.45. The van der Waals surface area contributed by atoms with Crippen molar-refractivity contribution in [1.29, 1.82) is 0 Å². The van der Waals surface area contributed by atoms with Crippen LogP contribution in [0.1, 0.15) is 17.3 Å². The van der Waals surface area contributed by atoms with Crippen LogP contribution in [0, 0.1) is 0 Å². The molecule has 0 saturated carbocycles. The largest absolute Gasteiger partial charge is 1.00 e. The minimum atomic E-state index is 0. The summed E-state index contributed by atoms with van der Waals surface area (Å²) in [5.41, 5.74) is 1.46. The third-order valence-electron chi connectivity index (χ3n) is 4.02. The van der Waals surface area contributed by atoms with Crippen LogP contribution >= 0.6 is 0 Å². The van der Waals surface area contributed by atoms with E-state index >= 15 is 0 Å². The molecule has 0 aliphatic rings. The van der Waals surface area contributed by atoms with Crippen LogP contribution < -0.4 is 29.6 Å². The Labute approximate surface area is 158 Å². The van der Waals surface area contributed by atoms with E-state index in [-0.39, 0.29) is 36.8 Å². The Kier molecular flexibility index (Phi) is 4.63. The van der Waals surface area contributed by atoms with Gasteiger partial charge in [-0.15, -0.1) is 0 Å². The van der Waals surface area contributed by atoms with Crippen LogP contribution in [0.3, 0.4) is 0 Å². The molecule has 1 nitrogen and oxygen atoms in total. The molecule has 0 atom stereocenters. The number of hydrogen-bond donors (Lipinski definition) is 0. The van der Waals surface area contributed by atoms with Crippen LogP contribution in [0.5, 0.6) is 0 Å².